The molecule has 0 amide bonds. The number of rotatable bonds is 8. The van der Waals surface area contributed by atoms with Crippen LogP contribution in [0.25, 0.3) is 0 Å². The highest BCUT2D eigenvalue weighted by Gasteiger charge is 2.05. The number of benzene rings is 1. The van der Waals surface area contributed by atoms with Crippen LogP contribution >= 0.6 is 0 Å². The molecule has 1 atom stereocenters. The van der Waals surface area contributed by atoms with Crippen molar-refractivity contribution < 1.29 is 9.13 Å². The summed E-state index contributed by atoms with van der Waals surface area (Å²) in [6.07, 6.45) is 0. The smallest absolute Gasteiger partial charge is 0.123 e. The van der Waals surface area contributed by atoms with Crippen molar-refractivity contribution in [1.29, 1.82) is 0 Å². The van der Waals surface area contributed by atoms with Gasteiger partial charge in [-0.15, -0.1) is 0 Å². The largest absolute Gasteiger partial charge is 0.383 e. The highest BCUT2D eigenvalue weighted by atomic mass is 19.1. The Morgan fingerprint density at radius 2 is 1.94 bits per heavy atom. The molecule has 1 rings (SSSR count). The summed E-state index contributed by atoms with van der Waals surface area (Å²) in [7, 11) is 3.78. The molecule has 0 aliphatic heterocycles. The molecule has 0 bridgehead atoms. The van der Waals surface area contributed by atoms with E-state index >= 15 is 0 Å². The first-order valence-electron chi connectivity index (χ1n) is 6.30. The SMILES string of the molecule is COCCN(C)CCNC(C)c1ccc(F)cc1. The highest BCUT2D eigenvalue weighted by molar-refractivity contribution is 5.19. The first-order valence-corrected chi connectivity index (χ1v) is 6.30. The van der Waals surface area contributed by atoms with Crippen LogP contribution in [0.2, 0.25) is 0 Å². The van der Waals surface area contributed by atoms with Crippen molar-refractivity contribution in [3.8, 4) is 0 Å². The lowest BCUT2D eigenvalue weighted by atomic mass is 10.1. The Balaban J connectivity index is 2.24. The van der Waals surface area contributed by atoms with Crippen molar-refractivity contribution in [2.75, 3.05) is 40.4 Å². The van der Waals surface area contributed by atoms with Gasteiger partial charge >= 0.3 is 0 Å². The van der Waals surface area contributed by atoms with Gasteiger partial charge < -0.3 is 15.0 Å². The summed E-state index contributed by atoms with van der Waals surface area (Å²) in [5.41, 5.74) is 1.11. The molecule has 0 fully saturated rings. The molecule has 1 N–H and O–H groups in total. The van der Waals surface area contributed by atoms with Gasteiger partial charge in [0.15, 0.2) is 0 Å². The number of nitrogens with one attached hydrogen (secondary N) is 1. The molecule has 0 saturated carbocycles. The first-order chi connectivity index (χ1) is 8.63. The van der Waals surface area contributed by atoms with Crippen molar-refractivity contribution in [2.24, 2.45) is 0 Å². The molecule has 3 nitrogen and oxygen atoms in total. The van der Waals surface area contributed by atoms with Crippen molar-refractivity contribution in [3.05, 3.63) is 35.6 Å². The zero-order chi connectivity index (χ0) is 13.4. The second kappa shape index (κ2) is 8.19. The quantitative estimate of drug-likeness (QED) is 0.768. The molecule has 1 unspecified atom stereocenters. The number of likely N-dealkylation sites (N-methyl/N-ethyl adjacent to an activating group) is 1. The lowest BCUT2D eigenvalue weighted by molar-refractivity contribution is 0.161. The zero-order valence-electron chi connectivity index (χ0n) is 11.4. The molecular weight excluding hydrogens is 231 g/mol. The fraction of sp³-hybridized carbons (Fsp3) is 0.571. The van der Waals surface area contributed by atoms with E-state index in [1.165, 1.54) is 12.1 Å². The molecule has 0 radical (unpaired) electrons. The summed E-state index contributed by atoms with van der Waals surface area (Å²) in [6.45, 7) is 5.64. The van der Waals surface area contributed by atoms with Gasteiger partial charge in [0.05, 0.1) is 6.61 Å². The molecule has 4 heteroatoms. The van der Waals surface area contributed by atoms with E-state index in [9.17, 15) is 4.39 Å². The minimum Gasteiger partial charge on any atom is -0.383 e. The second-order valence-corrected chi connectivity index (χ2v) is 4.52. The predicted octanol–water partition coefficient (Wildman–Crippen LogP) is 2.05. The molecule has 18 heavy (non-hydrogen) atoms. The van der Waals surface area contributed by atoms with Gasteiger partial charge in [0.2, 0.25) is 0 Å². The van der Waals surface area contributed by atoms with Crippen LogP contribution in [0.3, 0.4) is 0 Å². The number of halogens is 1. The first kappa shape index (κ1) is 15.1. The van der Waals surface area contributed by atoms with Gasteiger partial charge in [-0.25, -0.2) is 4.39 Å². The van der Waals surface area contributed by atoms with E-state index in [1.54, 1.807) is 7.11 Å². The molecular formula is C14H23FN2O. The van der Waals surface area contributed by atoms with E-state index in [4.69, 9.17) is 4.74 Å². The maximum Gasteiger partial charge on any atom is 0.123 e. The lowest BCUT2D eigenvalue weighted by Gasteiger charge is -2.19. The average Bonchev–Trinajstić information content (AvgIpc) is 2.37. The van der Waals surface area contributed by atoms with Crippen LogP contribution in [0.1, 0.15) is 18.5 Å². The van der Waals surface area contributed by atoms with E-state index in [-0.39, 0.29) is 11.9 Å². The Morgan fingerprint density at radius 1 is 1.28 bits per heavy atom. The molecule has 1 aromatic carbocycles. The van der Waals surface area contributed by atoms with Gasteiger partial charge in [0.25, 0.3) is 0 Å². The Labute approximate surface area is 109 Å². The summed E-state index contributed by atoms with van der Waals surface area (Å²) in [4.78, 5) is 2.22. The summed E-state index contributed by atoms with van der Waals surface area (Å²) in [5.74, 6) is -0.190. The third kappa shape index (κ3) is 5.58. The van der Waals surface area contributed by atoms with E-state index in [2.05, 4.69) is 24.2 Å². The second-order valence-electron chi connectivity index (χ2n) is 4.52. The van der Waals surface area contributed by atoms with E-state index < -0.39 is 0 Å². The maximum atomic E-state index is 12.8. The average molecular weight is 254 g/mol. The minimum atomic E-state index is -0.190. The van der Waals surface area contributed by atoms with Gasteiger partial charge in [0, 0.05) is 32.8 Å². The van der Waals surface area contributed by atoms with Crippen molar-refractivity contribution in [2.45, 2.75) is 13.0 Å². The summed E-state index contributed by atoms with van der Waals surface area (Å²) >= 11 is 0. The van der Waals surface area contributed by atoms with Crippen LogP contribution in [-0.4, -0.2) is 45.3 Å². The Kier molecular flexibility index (Phi) is 6.86. The number of methoxy groups -OCH3 is 1. The normalized spacial score (nSPS) is 12.9. The topological polar surface area (TPSA) is 24.5 Å². The van der Waals surface area contributed by atoms with E-state index in [0.29, 0.717) is 0 Å². The van der Waals surface area contributed by atoms with Gasteiger partial charge in [-0.3, -0.25) is 0 Å². The van der Waals surface area contributed by atoms with E-state index in [0.717, 1.165) is 31.8 Å². The number of hydrogen-bond acceptors (Lipinski definition) is 3. The number of hydrogen-bond donors (Lipinski definition) is 1. The van der Waals surface area contributed by atoms with Crippen LogP contribution in [0.4, 0.5) is 4.39 Å². The fourth-order valence-electron chi connectivity index (χ4n) is 1.70. The van der Waals surface area contributed by atoms with Gasteiger partial charge in [-0.1, -0.05) is 12.1 Å². The Bertz CT molecular complexity index is 329. The minimum absolute atomic E-state index is 0.190. The van der Waals surface area contributed by atoms with Gasteiger partial charge in [-0.2, -0.15) is 0 Å². The van der Waals surface area contributed by atoms with Crippen molar-refractivity contribution in [3.63, 3.8) is 0 Å². The lowest BCUT2D eigenvalue weighted by Crippen LogP contribution is -2.32. The van der Waals surface area contributed by atoms with Gasteiger partial charge in [-0.05, 0) is 31.7 Å². The maximum absolute atomic E-state index is 12.8. The molecule has 102 valence electrons. The van der Waals surface area contributed by atoms with Crippen LogP contribution in [0.15, 0.2) is 24.3 Å². The zero-order valence-corrected chi connectivity index (χ0v) is 11.4. The van der Waals surface area contributed by atoms with Crippen molar-refractivity contribution >= 4 is 0 Å². The van der Waals surface area contributed by atoms with Crippen LogP contribution in [0, 0.1) is 5.82 Å². The van der Waals surface area contributed by atoms with Gasteiger partial charge in [0.1, 0.15) is 5.82 Å². The monoisotopic (exact) mass is 254 g/mol. The molecule has 1 aromatic rings. The Hall–Kier alpha value is -0.970. The number of nitrogens with zero attached hydrogens (tertiary/aromatic N) is 1. The standard InChI is InChI=1S/C14H23FN2O/c1-12(13-4-6-14(15)7-5-13)16-8-9-17(2)10-11-18-3/h4-7,12,16H,8-11H2,1-3H3. The fourth-order valence-corrected chi connectivity index (χ4v) is 1.70. The predicted molar refractivity (Wildman–Crippen MR) is 72.2 cm³/mol. The summed E-state index contributed by atoms with van der Waals surface area (Å²) < 4.78 is 17.8. The molecule has 0 heterocycles. The highest BCUT2D eigenvalue weighted by Crippen LogP contribution is 2.12. The molecule has 0 aliphatic rings. The summed E-state index contributed by atoms with van der Waals surface area (Å²) in [6, 6.07) is 6.88. The third-order valence-electron chi connectivity index (χ3n) is 2.99. The third-order valence-corrected chi connectivity index (χ3v) is 2.99. The van der Waals surface area contributed by atoms with Crippen LogP contribution < -0.4 is 5.32 Å². The Morgan fingerprint density at radius 3 is 2.56 bits per heavy atom. The molecule has 0 aliphatic carbocycles. The van der Waals surface area contributed by atoms with Crippen LogP contribution in [0.5, 0.6) is 0 Å². The van der Waals surface area contributed by atoms with Crippen LogP contribution in [-0.2, 0) is 4.74 Å². The van der Waals surface area contributed by atoms with Crippen molar-refractivity contribution in [1.82, 2.24) is 10.2 Å². The molecule has 0 aromatic heterocycles. The number of ether oxygens (including phenoxy) is 1. The summed E-state index contributed by atoms with van der Waals surface area (Å²) in [5, 5.41) is 3.42. The molecule has 0 saturated heterocycles. The van der Waals surface area contributed by atoms with E-state index in [1.807, 2.05) is 12.1 Å². The molecule has 0 spiro atoms.